The highest BCUT2D eigenvalue weighted by Crippen LogP contribution is 2.46. The van der Waals surface area contributed by atoms with Crippen molar-refractivity contribution in [2.75, 3.05) is 7.05 Å². The molecule has 4 heteroatoms. The standard InChI is InChI=1S/C25H32F3N/c1-7-8-16-9-10-19(20(26)11-16)17-12-21(27)23(22(28)13-17)18-14-24(2,3)29(6)25(4,5)15-18/h9-13,18H,7-8,14-15H2,1-6H3. The Bertz CT molecular complexity index is 860. The first-order valence-corrected chi connectivity index (χ1v) is 10.5. The van der Waals surface area contributed by atoms with Crippen molar-refractivity contribution in [1.82, 2.24) is 4.90 Å². The highest BCUT2D eigenvalue weighted by molar-refractivity contribution is 5.65. The van der Waals surface area contributed by atoms with Crippen LogP contribution >= 0.6 is 0 Å². The molecule has 1 fully saturated rings. The molecule has 0 atom stereocenters. The minimum Gasteiger partial charge on any atom is -0.296 e. The normalized spacial score (nSPS) is 19.5. The lowest BCUT2D eigenvalue weighted by atomic mass is 9.71. The van der Waals surface area contributed by atoms with Gasteiger partial charge in [0.05, 0.1) is 0 Å². The van der Waals surface area contributed by atoms with E-state index in [-0.39, 0.29) is 33.7 Å². The summed E-state index contributed by atoms with van der Waals surface area (Å²) in [7, 11) is 2.07. The van der Waals surface area contributed by atoms with E-state index in [1.807, 2.05) is 13.0 Å². The van der Waals surface area contributed by atoms with E-state index in [1.54, 1.807) is 6.07 Å². The predicted molar refractivity (Wildman–Crippen MR) is 114 cm³/mol. The molecular formula is C25H32F3N. The second kappa shape index (κ2) is 7.79. The highest BCUT2D eigenvalue weighted by Gasteiger charge is 2.44. The van der Waals surface area contributed by atoms with E-state index in [1.165, 1.54) is 18.2 Å². The van der Waals surface area contributed by atoms with Gasteiger partial charge in [-0.1, -0.05) is 25.5 Å². The molecule has 1 nitrogen and oxygen atoms in total. The first-order valence-electron chi connectivity index (χ1n) is 10.5. The number of likely N-dealkylation sites (tertiary alicyclic amines) is 1. The van der Waals surface area contributed by atoms with E-state index in [0.717, 1.165) is 18.4 Å². The maximum atomic E-state index is 15.1. The van der Waals surface area contributed by atoms with E-state index in [9.17, 15) is 4.39 Å². The van der Waals surface area contributed by atoms with Crippen molar-refractivity contribution in [3.05, 3.63) is 58.9 Å². The molecule has 2 aromatic carbocycles. The number of halogens is 3. The van der Waals surface area contributed by atoms with Crippen molar-refractivity contribution in [3.8, 4) is 11.1 Å². The summed E-state index contributed by atoms with van der Waals surface area (Å²) in [6.45, 7) is 10.5. The van der Waals surface area contributed by atoms with Gasteiger partial charge in [0.2, 0.25) is 0 Å². The van der Waals surface area contributed by atoms with Crippen molar-refractivity contribution in [3.63, 3.8) is 0 Å². The second-order valence-electron chi connectivity index (χ2n) is 9.71. The second-order valence-corrected chi connectivity index (χ2v) is 9.71. The van der Waals surface area contributed by atoms with Crippen LogP contribution in [0.25, 0.3) is 11.1 Å². The summed E-state index contributed by atoms with van der Waals surface area (Å²) in [4.78, 5) is 2.29. The van der Waals surface area contributed by atoms with Crippen LogP contribution in [0.15, 0.2) is 30.3 Å². The van der Waals surface area contributed by atoms with Crippen molar-refractivity contribution in [1.29, 1.82) is 0 Å². The zero-order valence-electron chi connectivity index (χ0n) is 18.4. The summed E-state index contributed by atoms with van der Waals surface area (Å²) in [5, 5.41) is 0. The summed E-state index contributed by atoms with van der Waals surface area (Å²) >= 11 is 0. The number of nitrogens with zero attached hydrogens (tertiary/aromatic N) is 1. The molecule has 1 heterocycles. The van der Waals surface area contributed by atoms with Gasteiger partial charge in [0.1, 0.15) is 17.5 Å². The van der Waals surface area contributed by atoms with Gasteiger partial charge in [0.25, 0.3) is 0 Å². The number of rotatable bonds is 4. The Morgan fingerprint density at radius 3 is 1.93 bits per heavy atom. The van der Waals surface area contributed by atoms with Crippen LogP contribution in [0, 0.1) is 17.5 Å². The van der Waals surface area contributed by atoms with E-state index in [2.05, 4.69) is 39.6 Å². The van der Waals surface area contributed by atoms with E-state index >= 15 is 8.78 Å². The molecule has 0 amide bonds. The maximum Gasteiger partial charge on any atom is 0.131 e. The monoisotopic (exact) mass is 403 g/mol. The molecule has 0 spiro atoms. The predicted octanol–water partition coefficient (Wildman–Crippen LogP) is 7.09. The molecule has 1 saturated heterocycles. The molecule has 29 heavy (non-hydrogen) atoms. The largest absolute Gasteiger partial charge is 0.296 e. The molecule has 2 aromatic rings. The van der Waals surface area contributed by atoms with Gasteiger partial charge in [-0.2, -0.15) is 0 Å². The topological polar surface area (TPSA) is 3.24 Å². The summed E-state index contributed by atoms with van der Waals surface area (Å²) in [6, 6.07) is 7.48. The fourth-order valence-corrected chi connectivity index (χ4v) is 4.94. The van der Waals surface area contributed by atoms with Gasteiger partial charge >= 0.3 is 0 Å². The summed E-state index contributed by atoms with van der Waals surface area (Å²) in [6.07, 6.45) is 3.03. The van der Waals surface area contributed by atoms with Gasteiger partial charge in [-0.05, 0) is 89.2 Å². The van der Waals surface area contributed by atoms with E-state index in [4.69, 9.17) is 0 Å². The molecule has 1 aliphatic rings. The Labute approximate surface area is 172 Å². The van der Waals surface area contributed by atoms with Gasteiger partial charge in [-0.3, -0.25) is 4.90 Å². The third-order valence-corrected chi connectivity index (χ3v) is 6.68. The lowest BCUT2D eigenvalue weighted by molar-refractivity contribution is -0.0138. The number of aryl methyl sites for hydroxylation is 1. The van der Waals surface area contributed by atoms with E-state index in [0.29, 0.717) is 12.8 Å². The molecule has 0 N–H and O–H groups in total. The van der Waals surface area contributed by atoms with Crippen LogP contribution in [0.2, 0.25) is 0 Å². The first-order chi connectivity index (χ1) is 13.5. The zero-order chi connectivity index (χ0) is 21.6. The van der Waals surface area contributed by atoms with Crippen LogP contribution < -0.4 is 0 Å². The summed E-state index contributed by atoms with van der Waals surface area (Å²) < 4.78 is 44.8. The average molecular weight is 404 g/mol. The Hall–Kier alpha value is -1.81. The number of hydrogen-bond acceptors (Lipinski definition) is 1. The highest BCUT2D eigenvalue weighted by atomic mass is 19.1. The smallest absolute Gasteiger partial charge is 0.131 e. The lowest BCUT2D eigenvalue weighted by Gasteiger charge is -2.53. The Balaban J connectivity index is 1.99. The van der Waals surface area contributed by atoms with Gasteiger partial charge in [0, 0.05) is 22.2 Å². The molecule has 1 aliphatic heterocycles. The van der Waals surface area contributed by atoms with Gasteiger partial charge in [-0.15, -0.1) is 0 Å². The average Bonchev–Trinajstić information content (AvgIpc) is 2.59. The molecule has 0 aliphatic carbocycles. The van der Waals surface area contributed by atoms with Crippen LogP contribution in [-0.4, -0.2) is 23.0 Å². The lowest BCUT2D eigenvalue weighted by Crippen LogP contribution is -2.58. The van der Waals surface area contributed by atoms with Crippen LogP contribution in [-0.2, 0) is 6.42 Å². The van der Waals surface area contributed by atoms with Crippen molar-refractivity contribution >= 4 is 0 Å². The molecular weight excluding hydrogens is 371 g/mol. The Kier molecular flexibility index (Phi) is 5.88. The quantitative estimate of drug-likeness (QED) is 0.527. The van der Waals surface area contributed by atoms with Gasteiger partial charge < -0.3 is 0 Å². The molecule has 0 bridgehead atoms. The maximum absolute atomic E-state index is 15.1. The molecule has 0 aromatic heterocycles. The number of benzene rings is 2. The SMILES string of the molecule is CCCc1ccc(-c2cc(F)c(C3CC(C)(C)N(C)C(C)(C)C3)c(F)c2)c(F)c1. The van der Waals surface area contributed by atoms with Crippen molar-refractivity contribution in [2.24, 2.45) is 0 Å². The van der Waals surface area contributed by atoms with Crippen LogP contribution in [0.5, 0.6) is 0 Å². The molecule has 3 rings (SSSR count). The minimum absolute atomic E-state index is 0.131. The first kappa shape index (κ1) is 21.9. The van der Waals surface area contributed by atoms with Crippen LogP contribution in [0.4, 0.5) is 13.2 Å². The minimum atomic E-state index is -0.585. The molecule has 0 radical (unpaired) electrons. The van der Waals surface area contributed by atoms with Crippen molar-refractivity contribution < 1.29 is 13.2 Å². The molecule has 0 unspecified atom stereocenters. The van der Waals surface area contributed by atoms with Crippen LogP contribution in [0.1, 0.15) is 70.9 Å². The zero-order valence-corrected chi connectivity index (χ0v) is 18.4. The van der Waals surface area contributed by atoms with Gasteiger partial charge in [0.15, 0.2) is 0 Å². The van der Waals surface area contributed by atoms with Crippen molar-refractivity contribution in [2.45, 2.75) is 77.3 Å². The molecule has 158 valence electrons. The fraction of sp³-hybridized carbons (Fsp3) is 0.520. The van der Waals surface area contributed by atoms with E-state index < -0.39 is 17.5 Å². The number of piperidine rings is 1. The molecule has 0 saturated carbocycles. The summed E-state index contributed by atoms with van der Waals surface area (Å²) in [5.74, 6) is -1.83. The third-order valence-electron chi connectivity index (χ3n) is 6.68. The summed E-state index contributed by atoms with van der Waals surface area (Å²) in [5.41, 5.74) is 1.15. The number of hydrogen-bond donors (Lipinski definition) is 0. The third kappa shape index (κ3) is 4.23. The van der Waals surface area contributed by atoms with Crippen LogP contribution in [0.3, 0.4) is 0 Å². The Morgan fingerprint density at radius 1 is 0.897 bits per heavy atom. The fourth-order valence-electron chi connectivity index (χ4n) is 4.94. The Morgan fingerprint density at radius 2 is 1.45 bits per heavy atom. The van der Waals surface area contributed by atoms with Gasteiger partial charge in [-0.25, -0.2) is 13.2 Å².